The van der Waals surface area contributed by atoms with E-state index in [1.165, 1.54) is 32.1 Å². The molecule has 1 aliphatic carbocycles. The minimum atomic E-state index is -0.794. The number of rotatable bonds is 5. The summed E-state index contributed by atoms with van der Waals surface area (Å²) in [7, 11) is 0. The first-order valence-electron chi connectivity index (χ1n) is 6.86. The van der Waals surface area contributed by atoms with Gasteiger partial charge in [0.2, 0.25) is 5.91 Å². The van der Waals surface area contributed by atoms with Crippen LogP contribution in [-0.4, -0.2) is 24.5 Å². The van der Waals surface area contributed by atoms with Crippen LogP contribution in [0, 0.1) is 11.8 Å². The minimum Gasteiger partial charge on any atom is -0.351 e. The van der Waals surface area contributed by atoms with E-state index < -0.39 is 6.03 Å². The topological polar surface area (TPSA) is 84.2 Å². The first kappa shape index (κ1) is 15.0. The molecule has 0 bridgehead atoms. The highest BCUT2D eigenvalue weighted by atomic mass is 16.2. The molecule has 0 radical (unpaired) electrons. The predicted octanol–water partition coefficient (Wildman–Crippen LogP) is 1.38. The van der Waals surface area contributed by atoms with Crippen molar-refractivity contribution in [2.45, 2.75) is 52.0 Å². The SMILES string of the molecule is CCC1CCC(CNC(C)C(=O)NC(N)=O)CC1. The minimum absolute atomic E-state index is 0.357. The zero-order chi connectivity index (χ0) is 13.5. The summed E-state index contributed by atoms with van der Waals surface area (Å²) in [5.41, 5.74) is 4.90. The number of imide groups is 1. The number of nitrogens with one attached hydrogen (secondary N) is 2. The van der Waals surface area contributed by atoms with Crippen molar-refractivity contribution >= 4 is 11.9 Å². The molecule has 3 amide bonds. The molecule has 1 aliphatic rings. The Balaban J connectivity index is 2.20. The molecule has 5 heteroatoms. The van der Waals surface area contributed by atoms with Crippen molar-refractivity contribution in [3.63, 3.8) is 0 Å². The monoisotopic (exact) mass is 255 g/mol. The number of nitrogens with two attached hydrogens (primary N) is 1. The summed E-state index contributed by atoms with van der Waals surface area (Å²) in [6.45, 7) is 4.83. The standard InChI is InChI=1S/C13H25N3O2/c1-3-10-4-6-11(7-5-10)8-15-9(2)12(17)16-13(14)18/h9-11,15H,3-8H2,1-2H3,(H3,14,16,17,18). The third kappa shape index (κ3) is 5.04. The fraction of sp³-hybridized carbons (Fsp3) is 0.846. The lowest BCUT2D eigenvalue weighted by molar-refractivity contribution is -0.121. The molecule has 1 fully saturated rings. The average Bonchev–Trinajstić information content (AvgIpc) is 2.35. The number of amides is 3. The largest absolute Gasteiger partial charge is 0.351 e. The highest BCUT2D eigenvalue weighted by molar-refractivity contribution is 5.96. The smallest absolute Gasteiger partial charge is 0.318 e. The second kappa shape index (κ2) is 7.36. The van der Waals surface area contributed by atoms with Crippen LogP contribution in [0.15, 0.2) is 0 Å². The molecule has 0 spiro atoms. The fourth-order valence-corrected chi connectivity index (χ4v) is 2.51. The van der Waals surface area contributed by atoms with Gasteiger partial charge in [-0.15, -0.1) is 0 Å². The van der Waals surface area contributed by atoms with Gasteiger partial charge in [-0.1, -0.05) is 26.2 Å². The average molecular weight is 255 g/mol. The van der Waals surface area contributed by atoms with Crippen LogP contribution < -0.4 is 16.4 Å². The number of hydrogen-bond donors (Lipinski definition) is 3. The summed E-state index contributed by atoms with van der Waals surface area (Å²) in [6, 6.07) is -1.17. The maximum Gasteiger partial charge on any atom is 0.318 e. The van der Waals surface area contributed by atoms with Crippen molar-refractivity contribution in [2.75, 3.05) is 6.54 Å². The Morgan fingerprint density at radius 3 is 2.28 bits per heavy atom. The lowest BCUT2D eigenvalue weighted by atomic mass is 9.81. The Labute approximate surface area is 109 Å². The number of carbonyl (C=O) groups is 2. The first-order valence-corrected chi connectivity index (χ1v) is 6.86. The normalized spacial score (nSPS) is 25.4. The van der Waals surface area contributed by atoms with E-state index in [1.807, 2.05) is 0 Å². The molecule has 104 valence electrons. The molecular formula is C13H25N3O2. The van der Waals surface area contributed by atoms with Crippen molar-refractivity contribution in [2.24, 2.45) is 17.6 Å². The molecule has 1 saturated carbocycles. The van der Waals surface area contributed by atoms with Gasteiger partial charge in [0.05, 0.1) is 6.04 Å². The van der Waals surface area contributed by atoms with E-state index in [4.69, 9.17) is 5.73 Å². The van der Waals surface area contributed by atoms with Gasteiger partial charge in [-0.05, 0) is 38.1 Å². The molecule has 0 saturated heterocycles. The summed E-state index contributed by atoms with van der Waals surface area (Å²) < 4.78 is 0. The van der Waals surface area contributed by atoms with E-state index in [0.29, 0.717) is 5.92 Å². The summed E-state index contributed by atoms with van der Waals surface area (Å²) >= 11 is 0. The van der Waals surface area contributed by atoms with Crippen LogP contribution in [-0.2, 0) is 4.79 Å². The van der Waals surface area contributed by atoms with Gasteiger partial charge in [-0.25, -0.2) is 4.79 Å². The fourth-order valence-electron chi connectivity index (χ4n) is 2.51. The van der Waals surface area contributed by atoms with E-state index in [1.54, 1.807) is 6.92 Å². The van der Waals surface area contributed by atoms with Gasteiger partial charge >= 0.3 is 6.03 Å². The zero-order valence-corrected chi connectivity index (χ0v) is 11.4. The molecule has 0 aliphatic heterocycles. The van der Waals surface area contributed by atoms with Gasteiger partial charge in [0.1, 0.15) is 0 Å². The Morgan fingerprint density at radius 2 is 1.78 bits per heavy atom. The first-order chi connectivity index (χ1) is 8.52. The van der Waals surface area contributed by atoms with Crippen molar-refractivity contribution in [1.82, 2.24) is 10.6 Å². The highest BCUT2D eigenvalue weighted by Crippen LogP contribution is 2.30. The van der Waals surface area contributed by atoms with Gasteiger partial charge in [0.25, 0.3) is 0 Å². The van der Waals surface area contributed by atoms with E-state index in [-0.39, 0.29) is 11.9 Å². The van der Waals surface area contributed by atoms with Crippen LogP contribution in [0.1, 0.15) is 46.0 Å². The van der Waals surface area contributed by atoms with Crippen LogP contribution in [0.5, 0.6) is 0 Å². The Hall–Kier alpha value is -1.10. The van der Waals surface area contributed by atoms with Crippen LogP contribution >= 0.6 is 0 Å². The Kier molecular flexibility index (Phi) is 6.12. The predicted molar refractivity (Wildman–Crippen MR) is 70.9 cm³/mol. The van der Waals surface area contributed by atoms with Crippen molar-refractivity contribution < 1.29 is 9.59 Å². The quantitative estimate of drug-likeness (QED) is 0.694. The molecule has 4 N–H and O–H groups in total. The van der Waals surface area contributed by atoms with Crippen LogP contribution in [0.4, 0.5) is 4.79 Å². The van der Waals surface area contributed by atoms with Gasteiger partial charge in [0.15, 0.2) is 0 Å². The summed E-state index contributed by atoms with van der Waals surface area (Å²) in [4.78, 5) is 22.0. The van der Waals surface area contributed by atoms with Gasteiger partial charge in [0, 0.05) is 0 Å². The second-order valence-electron chi connectivity index (χ2n) is 5.28. The molecule has 18 heavy (non-hydrogen) atoms. The van der Waals surface area contributed by atoms with Gasteiger partial charge < -0.3 is 11.1 Å². The van der Waals surface area contributed by atoms with Gasteiger partial charge in [-0.2, -0.15) is 0 Å². The molecule has 5 nitrogen and oxygen atoms in total. The Bertz CT molecular complexity index is 286. The number of carbonyl (C=O) groups excluding carboxylic acids is 2. The summed E-state index contributed by atoms with van der Waals surface area (Å²) in [6.07, 6.45) is 6.33. The van der Waals surface area contributed by atoms with Crippen LogP contribution in [0.25, 0.3) is 0 Å². The van der Waals surface area contributed by atoms with E-state index in [9.17, 15) is 9.59 Å². The third-order valence-corrected chi connectivity index (χ3v) is 3.90. The van der Waals surface area contributed by atoms with Crippen molar-refractivity contribution in [1.29, 1.82) is 0 Å². The second-order valence-corrected chi connectivity index (χ2v) is 5.28. The van der Waals surface area contributed by atoms with E-state index >= 15 is 0 Å². The maximum absolute atomic E-state index is 11.5. The molecule has 1 atom stereocenters. The van der Waals surface area contributed by atoms with Gasteiger partial charge in [-0.3, -0.25) is 10.1 Å². The lowest BCUT2D eigenvalue weighted by Gasteiger charge is -2.28. The van der Waals surface area contributed by atoms with E-state index in [0.717, 1.165) is 12.5 Å². The Morgan fingerprint density at radius 1 is 1.22 bits per heavy atom. The molecule has 0 aromatic heterocycles. The molecular weight excluding hydrogens is 230 g/mol. The lowest BCUT2D eigenvalue weighted by Crippen LogP contribution is -2.47. The maximum atomic E-state index is 11.5. The molecule has 0 aromatic rings. The highest BCUT2D eigenvalue weighted by Gasteiger charge is 2.21. The molecule has 0 heterocycles. The van der Waals surface area contributed by atoms with Crippen LogP contribution in [0.3, 0.4) is 0 Å². The molecule has 1 unspecified atom stereocenters. The molecule has 1 rings (SSSR count). The third-order valence-electron chi connectivity index (χ3n) is 3.90. The summed E-state index contributed by atoms with van der Waals surface area (Å²) in [5, 5.41) is 5.25. The number of primary amides is 1. The van der Waals surface area contributed by atoms with E-state index in [2.05, 4.69) is 17.6 Å². The van der Waals surface area contributed by atoms with Crippen LogP contribution in [0.2, 0.25) is 0 Å². The van der Waals surface area contributed by atoms with Crippen molar-refractivity contribution in [3.05, 3.63) is 0 Å². The summed E-state index contributed by atoms with van der Waals surface area (Å²) in [5.74, 6) is 1.18. The zero-order valence-electron chi connectivity index (χ0n) is 11.4. The van der Waals surface area contributed by atoms with Crippen molar-refractivity contribution in [3.8, 4) is 0 Å². The molecule has 0 aromatic carbocycles. The number of urea groups is 1. The number of hydrogen-bond acceptors (Lipinski definition) is 3.